The van der Waals surface area contributed by atoms with Crippen molar-refractivity contribution in [3.8, 4) is 0 Å². The molecule has 4 nitrogen and oxygen atoms in total. The fraction of sp³-hybridized carbons (Fsp3) is 0.222. The van der Waals surface area contributed by atoms with Crippen molar-refractivity contribution in [3.63, 3.8) is 0 Å². The molecule has 0 aromatic heterocycles. The lowest BCUT2D eigenvalue weighted by atomic mass is 10.1. The second-order valence-corrected chi connectivity index (χ2v) is 3.44. The van der Waals surface area contributed by atoms with Gasteiger partial charge in [-0.1, -0.05) is 0 Å². The van der Waals surface area contributed by atoms with Crippen LogP contribution in [0.15, 0.2) is 23.2 Å². The van der Waals surface area contributed by atoms with Crippen molar-refractivity contribution in [3.05, 3.63) is 18.2 Å². The van der Waals surface area contributed by atoms with Gasteiger partial charge >= 0.3 is 0 Å². The largest absolute Gasteiger partial charge is 0.399 e. The molecule has 0 radical (unpaired) electrons. The molecule has 0 spiro atoms. The molecule has 1 aromatic carbocycles. The van der Waals surface area contributed by atoms with E-state index in [2.05, 4.69) is 10.3 Å². The Bertz CT molecular complexity index is 368. The second-order valence-electron chi connectivity index (χ2n) is 3.44. The minimum Gasteiger partial charge on any atom is -0.399 e. The average molecular weight is 176 g/mol. The zero-order valence-electron chi connectivity index (χ0n) is 7.41. The minimum atomic E-state index is -0.583. The number of hydrogen-bond donors (Lipinski definition) is 3. The number of fused-ring (bicyclic) bond motifs is 1. The van der Waals surface area contributed by atoms with Crippen LogP contribution in [0.3, 0.4) is 0 Å². The Hall–Kier alpha value is -1.55. The highest BCUT2D eigenvalue weighted by atomic mass is 15.1. The van der Waals surface area contributed by atoms with Gasteiger partial charge in [0.1, 0.15) is 5.66 Å². The number of anilines is 2. The van der Waals surface area contributed by atoms with E-state index >= 15 is 0 Å². The van der Waals surface area contributed by atoms with E-state index in [1.54, 1.807) is 6.21 Å². The summed E-state index contributed by atoms with van der Waals surface area (Å²) in [5.74, 6) is 0. The molecule has 0 saturated heterocycles. The van der Waals surface area contributed by atoms with Gasteiger partial charge in [0.2, 0.25) is 0 Å². The first-order valence-corrected chi connectivity index (χ1v) is 4.09. The maximum absolute atomic E-state index is 5.84. The first-order chi connectivity index (χ1) is 6.07. The Balaban J connectivity index is 2.48. The lowest BCUT2D eigenvalue weighted by molar-refractivity contribution is 0.727. The number of aliphatic imine (C=N–C) groups is 1. The molecular formula is C9H12N4. The van der Waals surface area contributed by atoms with Gasteiger partial charge < -0.3 is 16.8 Å². The number of nitrogens with two attached hydrogens (primary N) is 2. The molecule has 0 saturated carbocycles. The predicted octanol–water partition coefficient (Wildman–Crippen LogP) is 1.07. The van der Waals surface area contributed by atoms with Crippen molar-refractivity contribution < 1.29 is 0 Å². The first-order valence-electron chi connectivity index (χ1n) is 4.09. The topological polar surface area (TPSA) is 76.4 Å². The van der Waals surface area contributed by atoms with E-state index < -0.39 is 5.66 Å². The molecule has 1 atom stereocenters. The van der Waals surface area contributed by atoms with Gasteiger partial charge in [0.25, 0.3) is 0 Å². The highest BCUT2D eigenvalue weighted by Gasteiger charge is 2.20. The molecule has 68 valence electrons. The second kappa shape index (κ2) is 2.47. The van der Waals surface area contributed by atoms with Crippen molar-refractivity contribution in [1.82, 2.24) is 0 Å². The summed E-state index contributed by atoms with van der Waals surface area (Å²) in [5.41, 5.74) is 13.4. The first kappa shape index (κ1) is 8.07. The van der Waals surface area contributed by atoms with Crippen molar-refractivity contribution >= 4 is 23.3 Å². The number of hydrogen-bond acceptors (Lipinski definition) is 4. The van der Waals surface area contributed by atoms with Crippen LogP contribution in [0.4, 0.5) is 17.1 Å². The summed E-state index contributed by atoms with van der Waals surface area (Å²) in [6.07, 6.45) is 1.69. The van der Waals surface area contributed by atoms with Crippen LogP contribution >= 0.6 is 0 Å². The Labute approximate surface area is 76.6 Å². The van der Waals surface area contributed by atoms with Gasteiger partial charge in [-0.25, -0.2) is 0 Å². The van der Waals surface area contributed by atoms with Gasteiger partial charge in [0.05, 0.1) is 11.4 Å². The Morgan fingerprint density at radius 2 is 2.23 bits per heavy atom. The highest BCUT2D eigenvalue weighted by molar-refractivity contribution is 5.86. The minimum absolute atomic E-state index is 0.583. The molecule has 0 amide bonds. The molecule has 13 heavy (non-hydrogen) atoms. The van der Waals surface area contributed by atoms with Crippen LogP contribution in [-0.4, -0.2) is 11.9 Å². The third kappa shape index (κ3) is 1.48. The molecule has 5 N–H and O–H groups in total. The number of nitrogen functional groups attached to an aromatic ring is 1. The van der Waals surface area contributed by atoms with Gasteiger partial charge in [-0.3, -0.25) is 4.99 Å². The smallest absolute Gasteiger partial charge is 0.120 e. The van der Waals surface area contributed by atoms with Crippen LogP contribution in [0, 0.1) is 0 Å². The lowest BCUT2D eigenvalue weighted by Crippen LogP contribution is -2.47. The normalized spacial score (nSPS) is 25.1. The zero-order valence-corrected chi connectivity index (χ0v) is 7.41. The summed E-state index contributed by atoms with van der Waals surface area (Å²) in [4.78, 5) is 4.22. The van der Waals surface area contributed by atoms with E-state index in [9.17, 15) is 0 Å². The number of benzene rings is 1. The lowest BCUT2D eigenvalue weighted by Gasteiger charge is -2.27. The van der Waals surface area contributed by atoms with Gasteiger partial charge in [-0.05, 0) is 25.1 Å². The third-order valence-corrected chi connectivity index (χ3v) is 1.90. The molecule has 1 aliphatic rings. The monoisotopic (exact) mass is 176 g/mol. The quantitative estimate of drug-likeness (QED) is 0.517. The van der Waals surface area contributed by atoms with Crippen molar-refractivity contribution in [1.29, 1.82) is 0 Å². The molecule has 1 aromatic rings. The number of rotatable bonds is 0. The summed E-state index contributed by atoms with van der Waals surface area (Å²) in [6.45, 7) is 1.85. The summed E-state index contributed by atoms with van der Waals surface area (Å²) in [6, 6.07) is 5.51. The van der Waals surface area contributed by atoms with Crippen LogP contribution in [0.25, 0.3) is 0 Å². The molecule has 0 bridgehead atoms. The molecular weight excluding hydrogens is 164 g/mol. The Morgan fingerprint density at radius 3 is 3.00 bits per heavy atom. The van der Waals surface area contributed by atoms with Gasteiger partial charge in [-0.15, -0.1) is 0 Å². The van der Waals surface area contributed by atoms with Gasteiger partial charge in [0.15, 0.2) is 0 Å². The summed E-state index contributed by atoms with van der Waals surface area (Å²) in [7, 11) is 0. The maximum atomic E-state index is 5.84. The fourth-order valence-corrected chi connectivity index (χ4v) is 1.29. The molecule has 2 rings (SSSR count). The summed E-state index contributed by atoms with van der Waals surface area (Å²) < 4.78 is 0. The SMILES string of the molecule is CC1(N)C=Nc2ccc(N)cc2N1. The standard InChI is InChI=1S/C9H12N4/c1-9(11)5-12-7-3-2-6(10)4-8(7)13-9/h2-5,13H,10-11H2,1H3. The zero-order chi connectivity index (χ0) is 9.47. The molecule has 1 aliphatic heterocycles. The third-order valence-electron chi connectivity index (χ3n) is 1.90. The van der Waals surface area contributed by atoms with Crippen LogP contribution < -0.4 is 16.8 Å². The van der Waals surface area contributed by atoms with Crippen molar-refractivity contribution in [2.75, 3.05) is 11.1 Å². The fourth-order valence-electron chi connectivity index (χ4n) is 1.29. The van der Waals surface area contributed by atoms with Gasteiger partial charge in [0, 0.05) is 11.9 Å². The molecule has 0 fully saturated rings. The van der Waals surface area contributed by atoms with Crippen molar-refractivity contribution in [2.24, 2.45) is 10.7 Å². The van der Waals surface area contributed by atoms with E-state index in [1.807, 2.05) is 25.1 Å². The molecule has 4 heteroatoms. The molecule has 0 aliphatic carbocycles. The van der Waals surface area contributed by atoms with E-state index in [1.165, 1.54) is 0 Å². The van der Waals surface area contributed by atoms with Crippen LogP contribution in [0.2, 0.25) is 0 Å². The average Bonchev–Trinajstić information content (AvgIpc) is 2.01. The van der Waals surface area contributed by atoms with Crippen LogP contribution in [0.5, 0.6) is 0 Å². The number of nitrogens with zero attached hydrogens (tertiary/aromatic N) is 1. The number of nitrogens with one attached hydrogen (secondary N) is 1. The summed E-state index contributed by atoms with van der Waals surface area (Å²) in [5, 5.41) is 3.13. The maximum Gasteiger partial charge on any atom is 0.120 e. The Kier molecular flexibility index (Phi) is 1.53. The van der Waals surface area contributed by atoms with Gasteiger partial charge in [-0.2, -0.15) is 0 Å². The van der Waals surface area contributed by atoms with Crippen LogP contribution in [0.1, 0.15) is 6.92 Å². The Morgan fingerprint density at radius 1 is 1.46 bits per heavy atom. The van der Waals surface area contributed by atoms with Crippen molar-refractivity contribution in [2.45, 2.75) is 12.6 Å². The van der Waals surface area contributed by atoms with E-state index in [-0.39, 0.29) is 0 Å². The highest BCUT2D eigenvalue weighted by Crippen LogP contribution is 2.31. The van der Waals surface area contributed by atoms with E-state index in [0.717, 1.165) is 11.4 Å². The van der Waals surface area contributed by atoms with E-state index in [0.29, 0.717) is 5.69 Å². The predicted molar refractivity (Wildman–Crippen MR) is 55.2 cm³/mol. The van der Waals surface area contributed by atoms with E-state index in [4.69, 9.17) is 11.5 Å². The molecule has 1 heterocycles. The van der Waals surface area contributed by atoms with Crippen LogP contribution in [-0.2, 0) is 0 Å². The molecule has 1 unspecified atom stereocenters. The summed E-state index contributed by atoms with van der Waals surface area (Å²) >= 11 is 0.